The largest absolute Gasteiger partial charge is 0.419 e. The second kappa shape index (κ2) is 5.74. The quantitative estimate of drug-likeness (QED) is 0.665. The van der Waals surface area contributed by atoms with Gasteiger partial charge >= 0.3 is 6.18 Å². The maximum atomic E-state index is 13.6. The van der Waals surface area contributed by atoms with Crippen molar-refractivity contribution in [1.29, 1.82) is 0 Å². The van der Waals surface area contributed by atoms with E-state index in [0.717, 1.165) is 12.1 Å². The van der Waals surface area contributed by atoms with Gasteiger partial charge in [-0.2, -0.15) is 13.2 Å². The number of rotatable bonds is 3. The number of nitrogens with one attached hydrogen (secondary N) is 1. The molecule has 102 valence electrons. The fourth-order valence-electron chi connectivity index (χ4n) is 1.42. The van der Waals surface area contributed by atoms with E-state index in [0.29, 0.717) is 12.5 Å². The molecule has 0 saturated carbocycles. The molecular formula is C13H11F4NO. The first-order valence-corrected chi connectivity index (χ1v) is 5.44. The van der Waals surface area contributed by atoms with Gasteiger partial charge in [-0.05, 0) is 18.6 Å². The van der Waals surface area contributed by atoms with Crippen LogP contribution in [-0.2, 0) is 6.18 Å². The molecular weight excluding hydrogens is 262 g/mol. The Kier molecular flexibility index (Phi) is 4.54. The summed E-state index contributed by atoms with van der Waals surface area (Å²) in [4.78, 5) is 11.7. The molecule has 1 aromatic carbocycles. The third-order valence-electron chi connectivity index (χ3n) is 2.46. The van der Waals surface area contributed by atoms with E-state index < -0.39 is 35.1 Å². The van der Waals surface area contributed by atoms with Gasteiger partial charge in [0.15, 0.2) is 0 Å². The summed E-state index contributed by atoms with van der Waals surface area (Å²) in [6, 6.07) is 1.87. The maximum Gasteiger partial charge on any atom is 0.419 e. The molecule has 1 atom stereocenters. The van der Waals surface area contributed by atoms with Gasteiger partial charge < -0.3 is 5.32 Å². The lowest BCUT2D eigenvalue weighted by Gasteiger charge is -2.13. The molecule has 6 heteroatoms. The summed E-state index contributed by atoms with van der Waals surface area (Å²) in [5, 5.41) is 2.27. The molecule has 1 unspecified atom stereocenters. The number of carbonyl (C=O) groups is 1. The zero-order valence-corrected chi connectivity index (χ0v) is 10.0. The monoisotopic (exact) mass is 273 g/mol. The van der Waals surface area contributed by atoms with Crippen LogP contribution in [0.15, 0.2) is 18.2 Å². The highest BCUT2D eigenvalue weighted by Gasteiger charge is 2.35. The molecule has 1 rings (SSSR count). The van der Waals surface area contributed by atoms with Gasteiger partial charge in [0.1, 0.15) is 5.82 Å². The number of halogens is 4. The molecule has 0 bridgehead atoms. The summed E-state index contributed by atoms with van der Waals surface area (Å²) in [6.45, 7) is 1.69. The summed E-state index contributed by atoms with van der Waals surface area (Å²) >= 11 is 0. The molecule has 0 aliphatic heterocycles. The standard InChI is InChI=1S/C13H11F4NO/c1-3-8(4-2)18-12(19)9-6-5-7-10(11(9)14)13(15,16)17/h1,5-8H,4H2,2H3,(H,18,19). The Hall–Kier alpha value is -2.03. The Labute approximate surface area is 107 Å². The Morgan fingerprint density at radius 1 is 1.47 bits per heavy atom. The molecule has 0 fully saturated rings. The van der Waals surface area contributed by atoms with Gasteiger partial charge in [0.2, 0.25) is 0 Å². The zero-order chi connectivity index (χ0) is 14.6. The summed E-state index contributed by atoms with van der Waals surface area (Å²) in [5.41, 5.74) is -2.16. The summed E-state index contributed by atoms with van der Waals surface area (Å²) in [7, 11) is 0. The van der Waals surface area contributed by atoms with Crippen LogP contribution in [0.25, 0.3) is 0 Å². The van der Waals surface area contributed by atoms with E-state index in [1.54, 1.807) is 6.92 Å². The minimum absolute atomic E-state index is 0.392. The van der Waals surface area contributed by atoms with Gasteiger partial charge in [-0.3, -0.25) is 4.79 Å². The normalized spacial score (nSPS) is 12.6. The van der Waals surface area contributed by atoms with Crippen LogP contribution in [0.1, 0.15) is 29.3 Å². The average Bonchev–Trinajstić information content (AvgIpc) is 2.34. The molecule has 0 radical (unpaired) electrons. The summed E-state index contributed by atoms with van der Waals surface area (Å²) in [5.74, 6) is -0.322. The van der Waals surface area contributed by atoms with Crippen LogP contribution in [-0.4, -0.2) is 11.9 Å². The lowest BCUT2D eigenvalue weighted by atomic mass is 10.1. The van der Waals surface area contributed by atoms with Crippen LogP contribution < -0.4 is 5.32 Å². The SMILES string of the molecule is C#CC(CC)NC(=O)c1cccc(C(F)(F)F)c1F. The van der Waals surface area contributed by atoms with Crippen molar-refractivity contribution in [2.75, 3.05) is 0 Å². The molecule has 0 saturated heterocycles. The fraction of sp³-hybridized carbons (Fsp3) is 0.308. The van der Waals surface area contributed by atoms with E-state index in [1.807, 2.05) is 0 Å². The minimum Gasteiger partial charge on any atom is -0.338 e. The molecule has 1 aromatic rings. The first-order valence-electron chi connectivity index (χ1n) is 5.44. The van der Waals surface area contributed by atoms with Gasteiger partial charge in [-0.25, -0.2) is 4.39 Å². The average molecular weight is 273 g/mol. The first-order chi connectivity index (χ1) is 8.81. The Morgan fingerprint density at radius 2 is 2.11 bits per heavy atom. The fourth-order valence-corrected chi connectivity index (χ4v) is 1.42. The van der Waals surface area contributed by atoms with Crippen molar-refractivity contribution in [3.05, 3.63) is 35.1 Å². The van der Waals surface area contributed by atoms with Crippen LogP contribution in [0, 0.1) is 18.2 Å². The van der Waals surface area contributed by atoms with Crippen molar-refractivity contribution >= 4 is 5.91 Å². The predicted octanol–water partition coefficient (Wildman–Crippen LogP) is 2.99. The maximum absolute atomic E-state index is 13.6. The number of amides is 1. The van der Waals surface area contributed by atoms with Crippen molar-refractivity contribution in [3.8, 4) is 12.3 Å². The Morgan fingerprint density at radius 3 is 2.58 bits per heavy atom. The van der Waals surface area contributed by atoms with E-state index in [2.05, 4.69) is 11.2 Å². The molecule has 1 N–H and O–H groups in total. The van der Waals surface area contributed by atoms with Gasteiger partial charge in [0, 0.05) is 0 Å². The predicted molar refractivity (Wildman–Crippen MR) is 61.8 cm³/mol. The van der Waals surface area contributed by atoms with Crippen molar-refractivity contribution in [2.24, 2.45) is 0 Å². The molecule has 2 nitrogen and oxygen atoms in total. The summed E-state index contributed by atoms with van der Waals surface area (Å²) in [6.07, 6.45) is 0.650. The van der Waals surface area contributed by atoms with E-state index in [-0.39, 0.29) is 0 Å². The molecule has 0 aliphatic carbocycles. The topological polar surface area (TPSA) is 29.1 Å². The minimum atomic E-state index is -4.85. The number of alkyl halides is 3. The van der Waals surface area contributed by atoms with Crippen molar-refractivity contribution in [1.82, 2.24) is 5.32 Å². The molecule has 1 amide bonds. The number of benzene rings is 1. The third kappa shape index (κ3) is 3.47. The Bertz CT molecular complexity index is 516. The van der Waals surface area contributed by atoms with Crippen molar-refractivity contribution in [2.45, 2.75) is 25.6 Å². The van der Waals surface area contributed by atoms with Crippen molar-refractivity contribution < 1.29 is 22.4 Å². The number of terminal acetylenes is 1. The van der Waals surface area contributed by atoms with Crippen LogP contribution in [0.2, 0.25) is 0 Å². The third-order valence-corrected chi connectivity index (χ3v) is 2.46. The van der Waals surface area contributed by atoms with Crippen molar-refractivity contribution in [3.63, 3.8) is 0 Å². The van der Waals surface area contributed by atoms with Crippen LogP contribution in [0.4, 0.5) is 17.6 Å². The van der Waals surface area contributed by atoms with E-state index >= 15 is 0 Å². The highest BCUT2D eigenvalue weighted by molar-refractivity contribution is 5.95. The van der Waals surface area contributed by atoms with Gasteiger partial charge in [-0.1, -0.05) is 18.9 Å². The second-order valence-corrected chi connectivity index (χ2v) is 3.77. The van der Waals surface area contributed by atoms with Crippen LogP contribution in [0.3, 0.4) is 0 Å². The zero-order valence-electron chi connectivity index (χ0n) is 10.0. The molecule has 0 spiro atoms. The lowest BCUT2D eigenvalue weighted by Crippen LogP contribution is -2.34. The highest BCUT2D eigenvalue weighted by Crippen LogP contribution is 2.32. The van der Waals surface area contributed by atoms with E-state index in [9.17, 15) is 22.4 Å². The van der Waals surface area contributed by atoms with Gasteiger partial charge in [-0.15, -0.1) is 6.42 Å². The Balaban J connectivity index is 3.09. The smallest absolute Gasteiger partial charge is 0.338 e. The van der Waals surface area contributed by atoms with Gasteiger partial charge in [0.25, 0.3) is 5.91 Å². The molecule has 0 heterocycles. The number of hydrogen-bond acceptors (Lipinski definition) is 1. The molecule has 0 aromatic heterocycles. The van der Waals surface area contributed by atoms with Crippen LogP contribution in [0.5, 0.6) is 0 Å². The highest BCUT2D eigenvalue weighted by atomic mass is 19.4. The van der Waals surface area contributed by atoms with E-state index in [1.165, 1.54) is 0 Å². The summed E-state index contributed by atoms with van der Waals surface area (Å²) < 4.78 is 51.1. The number of hydrogen-bond donors (Lipinski definition) is 1. The molecule has 19 heavy (non-hydrogen) atoms. The van der Waals surface area contributed by atoms with Crippen LogP contribution >= 0.6 is 0 Å². The van der Waals surface area contributed by atoms with E-state index in [4.69, 9.17) is 6.42 Å². The number of carbonyl (C=O) groups excluding carboxylic acids is 1. The van der Waals surface area contributed by atoms with Gasteiger partial charge in [0.05, 0.1) is 17.2 Å². The lowest BCUT2D eigenvalue weighted by molar-refractivity contribution is -0.140. The molecule has 0 aliphatic rings. The second-order valence-electron chi connectivity index (χ2n) is 3.77. The first kappa shape index (κ1) is 15.0.